The molecule has 0 saturated carbocycles. The summed E-state index contributed by atoms with van der Waals surface area (Å²) in [6.45, 7) is 0. The van der Waals surface area contributed by atoms with Crippen LogP contribution in [0.2, 0.25) is 5.02 Å². The van der Waals surface area contributed by atoms with Crippen molar-refractivity contribution in [1.82, 2.24) is 0 Å². The zero-order valence-electron chi connectivity index (χ0n) is 12.2. The van der Waals surface area contributed by atoms with E-state index in [-0.39, 0.29) is 18.1 Å². The number of nitrogens with one attached hydrogen (secondary N) is 1. The molecule has 118 valence electrons. The lowest BCUT2D eigenvalue weighted by molar-refractivity contribution is -0.115. The smallest absolute Gasteiger partial charge is 0.228 e. The molecule has 0 spiro atoms. The number of carbonyl (C=O) groups excluding carboxylic acids is 1. The minimum atomic E-state index is -0.373. The first kappa shape index (κ1) is 15.4. The molecular formula is C17H13ClFNO3. The van der Waals surface area contributed by atoms with Crippen molar-refractivity contribution in [1.29, 1.82) is 0 Å². The molecule has 0 aliphatic heterocycles. The molecule has 1 N–H and O–H groups in total. The molecule has 23 heavy (non-hydrogen) atoms. The maximum atomic E-state index is 13.3. The van der Waals surface area contributed by atoms with Crippen molar-refractivity contribution in [2.75, 3.05) is 12.4 Å². The van der Waals surface area contributed by atoms with Gasteiger partial charge in [0, 0.05) is 16.6 Å². The summed E-state index contributed by atoms with van der Waals surface area (Å²) < 4.78 is 23.7. The van der Waals surface area contributed by atoms with Crippen LogP contribution in [0.3, 0.4) is 0 Å². The fourth-order valence-electron chi connectivity index (χ4n) is 2.31. The number of carbonyl (C=O) groups is 1. The number of ether oxygens (including phenoxy) is 1. The Balaban J connectivity index is 1.76. The van der Waals surface area contributed by atoms with E-state index < -0.39 is 0 Å². The maximum absolute atomic E-state index is 13.3. The Hall–Kier alpha value is -2.53. The summed E-state index contributed by atoms with van der Waals surface area (Å²) in [5.74, 6) is -0.0957. The standard InChI is InChI=1S/C17H13ClFNO3/c1-22-16-5-3-12(8-14(16)18)20-17(21)6-10-9-23-15-4-2-11(19)7-13(10)15/h2-5,7-9H,6H2,1H3,(H,20,21). The average molecular weight is 334 g/mol. The number of halogens is 2. The lowest BCUT2D eigenvalue weighted by atomic mass is 10.1. The third-order valence-corrected chi connectivity index (χ3v) is 3.70. The molecule has 0 aliphatic carbocycles. The van der Waals surface area contributed by atoms with E-state index in [2.05, 4.69) is 5.32 Å². The molecule has 0 aliphatic rings. The Morgan fingerprint density at radius 2 is 2.13 bits per heavy atom. The summed E-state index contributed by atoms with van der Waals surface area (Å²) in [7, 11) is 1.52. The van der Waals surface area contributed by atoms with Crippen molar-refractivity contribution in [2.24, 2.45) is 0 Å². The Morgan fingerprint density at radius 1 is 1.30 bits per heavy atom. The summed E-state index contributed by atoms with van der Waals surface area (Å²) in [5.41, 5.74) is 1.72. The molecule has 0 bridgehead atoms. The van der Waals surface area contributed by atoms with Crippen molar-refractivity contribution in [3.8, 4) is 5.75 Å². The fourth-order valence-corrected chi connectivity index (χ4v) is 2.57. The van der Waals surface area contributed by atoms with E-state index in [1.54, 1.807) is 18.2 Å². The topological polar surface area (TPSA) is 51.5 Å². The van der Waals surface area contributed by atoms with Gasteiger partial charge in [-0.05, 0) is 36.4 Å². The van der Waals surface area contributed by atoms with Crippen LogP contribution in [0.1, 0.15) is 5.56 Å². The van der Waals surface area contributed by atoms with Gasteiger partial charge < -0.3 is 14.5 Å². The van der Waals surface area contributed by atoms with Gasteiger partial charge in [0.05, 0.1) is 24.8 Å². The predicted molar refractivity (Wildman–Crippen MR) is 86.5 cm³/mol. The van der Waals surface area contributed by atoms with Gasteiger partial charge in [0.1, 0.15) is 17.1 Å². The van der Waals surface area contributed by atoms with E-state index in [9.17, 15) is 9.18 Å². The lowest BCUT2D eigenvalue weighted by Crippen LogP contribution is -2.14. The molecule has 1 heterocycles. The Kier molecular flexibility index (Phi) is 4.21. The molecule has 6 heteroatoms. The molecule has 0 unspecified atom stereocenters. The molecule has 0 radical (unpaired) electrons. The number of hydrogen-bond donors (Lipinski definition) is 1. The predicted octanol–water partition coefficient (Wildman–Crippen LogP) is 4.42. The monoisotopic (exact) mass is 333 g/mol. The average Bonchev–Trinajstić information content (AvgIpc) is 2.89. The number of rotatable bonds is 4. The second-order valence-electron chi connectivity index (χ2n) is 4.98. The van der Waals surface area contributed by atoms with Crippen molar-refractivity contribution in [3.63, 3.8) is 0 Å². The molecular weight excluding hydrogens is 321 g/mol. The zero-order valence-corrected chi connectivity index (χ0v) is 13.0. The second kappa shape index (κ2) is 6.30. The highest BCUT2D eigenvalue weighted by Gasteiger charge is 2.12. The number of furan rings is 1. The van der Waals surface area contributed by atoms with Gasteiger partial charge in [-0.3, -0.25) is 4.79 Å². The van der Waals surface area contributed by atoms with Crippen LogP contribution in [0.15, 0.2) is 47.1 Å². The molecule has 0 saturated heterocycles. The zero-order chi connectivity index (χ0) is 16.4. The van der Waals surface area contributed by atoms with Gasteiger partial charge in [0.2, 0.25) is 5.91 Å². The summed E-state index contributed by atoms with van der Waals surface area (Å²) in [6, 6.07) is 9.16. The molecule has 0 atom stereocenters. The number of benzene rings is 2. The third kappa shape index (κ3) is 3.29. The fraction of sp³-hybridized carbons (Fsp3) is 0.118. The molecule has 3 aromatic rings. The Labute approximate surface area is 136 Å². The maximum Gasteiger partial charge on any atom is 0.228 e. The summed E-state index contributed by atoms with van der Waals surface area (Å²) >= 11 is 6.02. The van der Waals surface area contributed by atoms with E-state index in [4.69, 9.17) is 20.8 Å². The van der Waals surface area contributed by atoms with E-state index in [0.29, 0.717) is 33.0 Å². The molecule has 1 amide bonds. The normalized spacial score (nSPS) is 10.7. The number of amides is 1. The first-order valence-electron chi connectivity index (χ1n) is 6.86. The summed E-state index contributed by atoms with van der Waals surface area (Å²) in [4.78, 5) is 12.2. The van der Waals surface area contributed by atoms with Crippen LogP contribution in [0.5, 0.6) is 5.75 Å². The van der Waals surface area contributed by atoms with Crippen LogP contribution in [-0.2, 0) is 11.2 Å². The highest BCUT2D eigenvalue weighted by molar-refractivity contribution is 6.32. The van der Waals surface area contributed by atoms with Gasteiger partial charge in [-0.25, -0.2) is 4.39 Å². The van der Waals surface area contributed by atoms with Crippen LogP contribution < -0.4 is 10.1 Å². The quantitative estimate of drug-likeness (QED) is 0.769. The first-order valence-corrected chi connectivity index (χ1v) is 7.23. The van der Waals surface area contributed by atoms with E-state index >= 15 is 0 Å². The van der Waals surface area contributed by atoms with Crippen LogP contribution in [0.4, 0.5) is 10.1 Å². The molecule has 0 fully saturated rings. The second-order valence-corrected chi connectivity index (χ2v) is 5.38. The minimum absolute atomic E-state index is 0.0695. The summed E-state index contributed by atoms with van der Waals surface area (Å²) in [6.07, 6.45) is 1.53. The molecule has 4 nitrogen and oxygen atoms in total. The van der Waals surface area contributed by atoms with Crippen molar-refractivity contribution < 1.29 is 18.3 Å². The van der Waals surface area contributed by atoms with Gasteiger partial charge in [0.15, 0.2) is 0 Å². The van der Waals surface area contributed by atoms with Crippen LogP contribution in [0.25, 0.3) is 11.0 Å². The van der Waals surface area contributed by atoms with Gasteiger partial charge in [-0.2, -0.15) is 0 Å². The van der Waals surface area contributed by atoms with E-state index in [1.807, 2.05) is 0 Å². The van der Waals surface area contributed by atoms with Crippen LogP contribution >= 0.6 is 11.6 Å². The van der Waals surface area contributed by atoms with Crippen LogP contribution in [-0.4, -0.2) is 13.0 Å². The Morgan fingerprint density at radius 3 is 2.87 bits per heavy atom. The molecule has 1 aromatic heterocycles. The van der Waals surface area contributed by atoms with Crippen LogP contribution in [0, 0.1) is 5.82 Å². The molecule has 2 aromatic carbocycles. The number of hydrogen-bond acceptors (Lipinski definition) is 3. The highest BCUT2D eigenvalue weighted by atomic mass is 35.5. The number of anilines is 1. The lowest BCUT2D eigenvalue weighted by Gasteiger charge is -2.07. The SMILES string of the molecule is COc1ccc(NC(=O)Cc2coc3ccc(F)cc23)cc1Cl. The first-order chi connectivity index (χ1) is 11.1. The minimum Gasteiger partial charge on any atom is -0.495 e. The summed E-state index contributed by atoms with van der Waals surface area (Å²) in [5, 5.41) is 3.73. The Bertz CT molecular complexity index is 875. The van der Waals surface area contributed by atoms with Gasteiger partial charge in [-0.15, -0.1) is 0 Å². The van der Waals surface area contributed by atoms with Crippen molar-refractivity contribution in [2.45, 2.75) is 6.42 Å². The van der Waals surface area contributed by atoms with E-state index in [1.165, 1.54) is 31.6 Å². The van der Waals surface area contributed by atoms with Gasteiger partial charge >= 0.3 is 0 Å². The third-order valence-electron chi connectivity index (χ3n) is 3.40. The number of methoxy groups -OCH3 is 1. The number of fused-ring (bicyclic) bond motifs is 1. The largest absolute Gasteiger partial charge is 0.495 e. The van der Waals surface area contributed by atoms with Crippen molar-refractivity contribution >= 4 is 34.2 Å². The van der Waals surface area contributed by atoms with Gasteiger partial charge in [-0.1, -0.05) is 11.6 Å². The van der Waals surface area contributed by atoms with Crippen molar-refractivity contribution in [3.05, 3.63) is 59.1 Å². The highest BCUT2D eigenvalue weighted by Crippen LogP contribution is 2.27. The van der Waals surface area contributed by atoms with E-state index in [0.717, 1.165) is 0 Å². The molecule has 3 rings (SSSR count). The van der Waals surface area contributed by atoms with Gasteiger partial charge in [0.25, 0.3) is 0 Å².